The van der Waals surface area contributed by atoms with E-state index in [9.17, 15) is 0 Å². The van der Waals surface area contributed by atoms with Gasteiger partial charge < -0.3 is 10.1 Å². The van der Waals surface area contributed by atoms with E-state index >= 15 is 0 Å². The molecule has 0 aromatic carbocycles. The summed E-state index contributed by atoms with van der Waals surface area (Å²) < 4.78 is 6.07. The first-order valence-corrected chi connectivity index (χ1v) is 8.22. The van der Waals surface area contributed by atoms with Crippen LogP contribution < -0.4 is 10.1 Å². The number of nitrogens with zero attached hydrogens (tertiary/aromatic N) is 2. The van der Waals surface area contributed by atoms with Crippen molar-refractivity contribution in [1.82, 2.24) is 15.5 Å². The van der Waals surface area contributed by atoms with E-state index in [2.05, 4.69) is 43.2 Å². The molecule has 1 aliphatic rings. The van der Waals surface area contributed by atoms with Crippen LogP contribution >= 0.6 is 0 Å². The van der Waals surface area contributed by atoms with Gasteiger partial charge in [0.2, 0.25) is 5.88 Å². The predicted molar refractivity (Wildman–Crippen MR) is 85.3 cm³/mol. The van der Waals surface area contributed by atoms with Crippen LogP contribution in [0.5, 0.6) is 5.88 Å². The van der Waals surface area contributed by atoms with E-state index in [1.807, 2.05) is 12.1 Å². The molecular weight excluding hydrogens is 262 g/mol. The van der Waals surface area contributed by atoms with E-state index in [1.54, 1.807) is 0 Å². The fourth-order valence-corrected chi connectivity index (χ4v) is 2.81. The van der Waals surface area contributed by atoms with Gasteiger partial charge in [-0.25, -0.2) is 0 Å². The van der Waals surface area contributed by atoms with Crippen molar-refractivity contribution in [3.63, 3.8) is 0 Å². The summed E-state index contributed by atoms with van der Waals surface area (Å²) in [7, 11) is 0. The maximum atomic E-state index is 6.07. The second-order valence-corrected chi connectivity index (χ2v) is 7.08. The number of rotatable bonds is 5. The van der Waals surface area contributed by atoms with E-state index in [1.165, 1.54) is 25.7 Å². The Labute approximate surface area is 128 Å². The van der Waals surface area contributed by atoms with Gasteiger partial charge in [0.05, 0.1) is 5.69 Å². The molecule has 1 heterocycles. The number of ether oxygens (including phenoxy) is 1. The van der Waals surface area contributed by atoms with Crippen molar-refractivity contribution in [1.29, 1.82) is 0 Å². The second kappa shape index (κ2) is 7.21. The molecule has 2 unspecified atom stereocenters. The third-order valence-corrected chi connectivity index (χ3v) is 4.13. The summed E-state index contributed by atoms with van der Waals surface area (Å²) >= 11 is 0. The molecular formula is C17H29N3O. The van der Waals surface area contributed by atoms with Gasteiger partial charge in [-0.2, -0.15) is 5.10 Å². The van der Waals surface area contributed by atoms with Gasteiger partial charge in [0.25, 0.3) is 0 Å². The van der Waals surface area contributed by atoms with E-state index < -0.39 is 0 Å². The van der Waals surface area contributed by atoms with Crippen LogP contribution in [0, 0.1) is 5.92 Å². The highest BCUT2D eigenvalue weighted by Gasteiger charge is 2.25. The Kier molecular flexibility index (Phi) is 5.57. The van der Waals surface area contributed by atoms with Crippen LogP contribution in [0.15, 0.2) is 12.1 Å². The first kappa shape index (κ1) is 16.2. The lowest BCUT2D eigenvalue weighted by Crippen LogP contribution is -2.35. The average Bonchev–Trinajstić information content (AvgIpc) is 2.46. The Morgan fingerprint density at radius 1 is 1.19 bits per heavy atom. The Morgan fingerprint density at radius 3 is 2.57 bits per heavy atom. The summed E-state index contributed by atoms with van der Waals surface area (Å²) in [6.45, 7) is 9.42. The molecule has 4 heteroatoms. The van der Waals surface area contributed by atoms with Gasteiger partial charge in [-0.1, -0.05) is 13.3 Å². The maximum absolute atomic E-state index is 6.07. The van der Waals surface area contributed by atoms with E-state index in [0.717, 1.165) is 18.7 Å². The molecule has 0 bridgehead atoms. The standard InChI is InChI=1S/C17H29N3O/c1-5-13-8-6-7-9-15(13)21-16-11-10-14(19-20-16)12-18-17(2,3)4/h10-11,13,15,18H,5-9,12H2,1-4H3. The van der Waals surface area contributed by atoms with Crippen LogP contribution in [0.2, 0.25) is 0 Å². The molecule has 1 fully saturated rings. The molecule has 1 saturated carbocycles. The molecule has 118 valence electrons. The topological polar surface area (TPSA) is 47.0 Å². The van der Waals surface area contributed by atoms with Gasteiger partial charge in [-0.3, -0.25) is 0 Å². The Bertz CT molecular complexity index is 425. The van der Waals surface area contributed by atoms with Gasteiger partial charge in [0.15, 0.2) is 0 Å². The summed E-state index contributed by atoms with van der Waals surface area (Å²) in [5.74, 6) is 1.34. The van der Waals surface area contributed by atoms with Crippen LogP contribution in [0.3, 0.4) is 0 Å². The molecule has 0 radical (unpaired) electrons. The van der Waals surface area contributed by atoms with E-state index in [4.69, 9.17) is 4.74 Å². The van der Waals surface area contributed by atoms with Crippen molar-refractivity contribution in [3.05, 3.63) is 17.8 Å². The van der Waals surface area contributed by atoms with Crippen LogP contribution in [0.25, 0.3) is 0 Å². The highest BCUT2D eigenvalue weighted by atomic mass is 16.5. The van der Waals surface area contributed by atoms with Crippen molar-refractivity contribution in [2.45, 2.75) is 78.0 Å². The fourth-order valence-electron chi connectivity index (χ4n) is 2.81. The molecule has 0 amide bonds. The summed E-state index contributed by atoms with van der Waals surface area (Å²) in [5, 5.41) is 11.9. The van der Waals surface area contributed by atoms with Crippen molar-refractivity contribution in [2.24, 2.45) is 5.92 Å². The van der Waals surface area contributed by atoms with E-state index in [-0.39, 0.29) is 5.54 Å². The van der Waals surface area contributed by atoms with Gasteiger partial charge in [0.1, 0.15) is 6.10 Å². The largest absolute Gasteiger partial charge is 0.473 e. The number of hydrogen-bond donors (Lipinski definition) is 1. The van der Waals surface area contributed by atoms with Crippen molar-refractivity contribution < 1.29 is 4.74 Å². The minimum Gasteiger partial charge on any atom is -0.473 e. The SMILES string of the molecule is CCC1CCCCC1Oc1ccc(CNC(C)(C)C)nn1. The van der Waals surface area contributed by atoms with Gasteiger partial charge >= 0.3 is 0 Å². The van der Waals surface area contributed by atoms with E-state index in [0.29, 0.717) is 17.9 Å². The van der Waals surface area contributed by atoms with Crippen molar-refractivity contribution in [2.75, 3.05) is 0 Å². The summed E-state index contributed by atoms with van der Waals surface area (Å²) in [5.41, 5.74) is 1.04. The second-order valence-electron chi connectivity index (χ2n) is 7.08. The lowest BCUT2D eigenvalue weighted by molar-refractivity contribution is 0.0847. The minimum absolute atomic E-state index is 0.0906. The molecule has 2 rings (SSSR count). The van der Waals surface area contributed by atoms with Crippen molar-refractivity contribution in [3.8, 4) is 5.88 Å². The fraction of sp³-hybridized carbons (Fsp3) is 0.765. The van der Waals surface area contributed by atoms with Crippen LogP contribution in [-0.4, -0.2) is 21.8 Å². The smallest absolute Gasteiger partial charge is 0.233 e. The highest BCUT2D eigenvalue weighted by Crippen LogP contribution is 2.29. The van der Waals surface area contributed by atoms with Gasteiger partial charge in [-0.05, 0) is 58.4 Å². The zero-order valence-corrected chi connectivity index (χ0v) is 13.9. The molecule has 21 heavy (non-hydrogen) atoms. The Morgan fingerprint density at radius 2 is 1.95 bits per heavy atom. The normalized spacial score (nSPS) is 23.0. The van der Waals surface area contributed by atoms with Crippen LogP contribution in [0.1, 0.15) is 65.5 Å². The molecule has 1 N–H and O–H groups in total. The monoisotopic (exact) mass is 291 g/mol. The van der Waals surface area contributed by atoms with Crippen LogP contribution in [-0.2, 0) is 6.54 Å². The Balaban J connectivity index is 1.89. The zero-order valence-electron chi connectivity index (χ0n) is 13.9. The molecule has 0 aliphatic heterocycles. The zero-order chi connectivity index (χ0) is 15.3. The number of nitrogens with one attached hydrogen (secondary N) is 1. The molecule has 2 atom stereocenters. The predicted octanol–water partition coefficient (Wildman–Crippen LogP) is 3.71. The highest BCUT2D eigenvalue weighted by molar-refractivity contribution is 5.12. The molecule has 1 aromatic rings. The number of hydrogen-bond acceptors (Lipinski definition) is 4. The number of aromatic nitrogens is 2. The molecule has 0 spiro atoms. The lowest BCUT2D eigenvalue weighted by atomic mass is 9.85. The van der Waals surface area contributed by atoms with Gasteiger partial charge in [-0.15, -0.1) is 5.10 Å². The Hall–Kier alpha value is -1.16. The van der Waals surface area contributed by atoms with Gasteiger partial charge in [0, 0.05) is 18.2 Å². The van der Waals surface area contributed by atoms with Crippen LogP contribution in [0.4, 0.5) is 0 Å². The molecule has 1 aromatic heterocycles. The molecule has 1 aliphatic carbocycles. The third-order valence-electron chi connectivity index (χ3n) is 4.13. The first-order chi connectivity index (χ1) is 9.98. The van der Waals surface area contributed by atoms with Crippen molar-refractivity contribution >= 4 is 0 Å². The lowest BCUT2D eigenvalue weighted by Gasteiger charge is -2.30. The molecule has 4 nitrogen and oxygen atoms in total. The average molecular weight is 291 g/mol. The third kappa shape index (κ3) is 5.27. The quantitative estimate of drug-likeness (QED) is 0.898. The summed E-state index contributed by atoms with van der Waals surface area (Å²) in [4.78, 5) is 0. The molecule has 0 saturated heterocycles. The maximum Gasteiger partial charge on any atom is 0.233 e. The first-order valence-electron chi connectivity index (χ1n) is 8.22. The summed E-state index contributed by atoms with van der Waals surface area (Å²) in [6.07, 6.45) is 6.53. The minimum atomic E-state index is 0.0906. The summed E-state index contributed by atoms with van der Waals surface area (Å²) in [6, 6.07) is 3.96.